The molecule has 0 spiro atoms. The standard InChI is InChI=1S/C19H26N2/c1-14(2)15-10-12-16(13-11-15)18(21-20)19(3,4)17-8-6-5-7-9-17/h5-14,18,21H,20H2,1-4H3. The zero-order valence-corrected chi connectivity index (χ0v) is 13.4. The molecule has 0 radical (unpaired) electrons. The summed E-state index contributed by atoms with van der Waals surface area (Å²) >= 11 is 0. The number of hydrazine groups is 1. The molecule has 2 aromatic carbocycles. The predicted molar refractivity (Wildman–Crippen MR) is 90.1 cm³/mol. The van der Waals surface area contributed by atoms with Crippen LogP contribution in [-0.4, -0.2) is 0 Å². The fourth-order valence-corrected chi connectivity index (χ4v) is 2.83. The quantitative estimate of drug-likeness (QED) is 0.634. The van der Waals surface area contributed by atoms with E-state index >= 15 is 0 Å². The second kappa shape index (κ2) is 6.42. The summed E-state index contributed by atoms with van der Waals surface area (Å²) in [6.45, 7) is 8.87. The van der Waals surface area contributed by atoms with Gasteiger partial charge in [-0.15, -0.1) is 0 Å². The van der Waals surface area contributed by atoms with Crippen LogP contribution in [0.4, 0.5) is 0 Å². The second-order valence-corrected chi connectivity index (χ2v) is 6.51. The molecule has 0 aromatic heterocycles. The first-order valence-corrected chi connectivity index (χ1v) is 7.58. The molecule has 21 heavy (non-hydrogen) atoms. The highest BCUT2D eigenvalue weighted by atomic mass is 15.2. The normalized spacial score (nSPS) is 13.4. The average molecular weight is 282 g/mol. The summed E-state index contributed by atoms with van der Waals surface area (Å²) in [5.41, 5.74) is 6.77. The van der Waals surface area contributed by atoms with Crippen molar-refractivity contribution in [3.63, 3.8) is 0 Å². The lowest BCUT2D eigenvalue weighted by atomic mass is 9.75. The van der Waals surface area contributed by atoms with E-state index in [9.17, 15) is 0 Å². The second-order valence-electron chi connectivity index (χ2n) is 6.51. The van der Waals surface area contributed by atoms with Gasteiger partial charge in [0.15, 0.2) is 0 Å². The van der Waals surface area contributed by atoms with Crippen molar-refractivity contribution in [2.45, 2.75) is 45.1 Å². The zero-order chi connectivity index (χ0) is 15.5. The van der Waals surface area contributed by atoms with Crippen LogP contribution in [0.3, 0.4) is 0 Å². The Labute approximate surface area is 128 Å². The number of benzene rings is 2. The first-order valence-electron chi connectivity index (χ1n) is 7.58. The molecule has 0 aliphatic carbocycles. The summed E-state index contributed by atoms with van der Waals surface area (Å²) in [6, 6.07) is 19.4. The van der Waals surface area contributed by atoms with E-state index in [-0.39, 0.29) is 11.5 Å². The number of hydrogen-bond donors (Lipinski definition) is 2. The molecule has 0 aliphatic heterocycles. The summed E-state index contributed by atoms with van der Waals surface area (Å²) < 4.78 is 0. The molecule has 2 nitrogen and oxygen atoms in total. The van der Waals surface area contributed by atoms with E-state index in [4.69, 9.17) is 5.84 Å². The van der Waals surface area contributed by atoms with Crippen LogP contribution in [0.5, 0.6) is 0 Å². The molecule has 0 amide bonds. The maximum absolute atomic E-state index is 5.88. The summed E-state index contributed by atoms with van der Waals surface area (Å²) in [6.07, 6.45) is 0. The van der Waals surface area contributed by atoms with Gasteiger partial charge in [-0.2, -0.15) is 0 Å². The van der Waals surface area contributed by atoms with Crippen LogP contribution in [0.25, 0.3) is 0 Å². The Hall–Kier alpha value is -1.64. The largest absolute Gasteiger partial charge is 0.271 e. The van der Waals surface area contributed by atoms with Crippen molar-refractivity contribution in [3.05, 3.63) is 71.3 Å². The Balaban J connectivity index is 2.34. The third-order valence-electron chi connectivity index (χ3n) is 4.34. The van der Waals surface area contributed by atoms with Gasteiger partial charge in [0, 0.05) is 5.41 Å². The Morgan fingerprint density at radius 3 is 1.86 bits per heavy atom. The molecule has 0 bridgehead atoms. The SMILES string of the molecule is CC(C)c1ccc(C(NN)C(C)(C)c2ccccc2)cc1. The molecule has 2 heteroatoms. The third-order valence-corrected chi connectivity index (χ3v) is 4.34. The van der Waals surface area contributed by atoms with E-state index in [0.29, 0.717) is 5.92 Å². The fourth-order valence-electron chi connectivity index (χ4n) is 2.83. The van der Waals surface area contributed by atoms with Crippen molar-refractivity contribution >= 4 is 0 Å². The van der Waals surface area contributed by atoms with Crippen molar-refractivity contribution in [2.24, 2.45) is 5.84 Å². The molecule has 2 aromatic rings. The lowest BCUT2D eigenvalue weighted by Crippen LogP contribution is -2.41. The molecule has 0 fully saturated rings. The third kappa shape index (κ3) is 3.34. The average Bonchev–Trinajstić information content (AvgIpc) is 2.49. The van der Waals surface area contributed by atoms with E-state index < -0.39 is 0 Å². The molecular formula is C19H26N2. The molecular weight excluding hydrogens is 256 g/mol. The van der Waals surface area contributed by atoms with Crippen LogP contribution >= 0.6 is 0 Å². The molecule has 0 heterocycles. The minimum absolute atomic E-state index is 0.0705. The molecule has 1 atom stereocenters. The zero-order valence-electron chi connectivity index (χ0n) is 13.4. The van der Waals surface area contributed by atoms with Crippen molar-refractivity contribution in [1.29, 1.82) is 0 Å². The molecule has 3 N–H and O–H groups in total. The topological polar surface area (TPSA) is 38.0 Å². The minimum Gasteiger partial charge on any atom is -0.271 e. The van der Waals surface area contributed by atoms with Gasteiger partial charge in [-0.05, 0) is 22.6 Å². The maximum atomic E-state index is 5.88. The molecule has 2 rings (SSSR count). The predicted octanol–water partition coefficient (Wildman–Crippen LogP) is 4.29. The summed E-state index contributed by atoms with van der Waals surface area (Å²) in [4.78, 5) is 0. The number of nitrogens with two attached hydrogens (primary N) is 1. The minimum atomic E-state index is -0.0879. The summed E-state index contributed by atoms with van der Waals surface area (Å²) in [5.74, 6) is 6.42. The lowest BCUT2D eigenvalue weighted by Gasteiger charge is -2.35. The monoisotopic (exact) mass is 282 g/mol. The van der Waals surface area contributed by atoms with E-state index in [1.54, 1.807) is 0 Å². The van der Waals surface area contributed by atoms with Crippen LogP contribution in [0, 0.1) is 0 Å². The number of rotatable bonds is 5. The lowest BCUT2D eigenvalue weighted by molar-refractivity contribution is 0.353. The van der Waals surface area contributed by atoms with Crippen LogP contribution < -0.4 is 11.3 Å². The van der Waals surface area contributed by atoms with Crippen molar-refractivity contribution in [1.82, 2.24) is 5.43 Å². The first-order chi connectivity index (χ1) is 9.96. The van der Waals surface area contributed by atoms with Crippen molar-refractivity contribution < 1.29 is 0 Å². The fraction of sp³-hybridized carbons (Fsp3) is 0.368. The summed E-state index contributed by atoms with van der Waals surface area (Å²) in [7, 11) is 0. The number of nitrogens with one attached hydrogen (secondary N) is 1. The first kappa shape index (κ1) is 15.7. The van der Waals surface area contributed by atoms with E-state index in [2.05, 4.69) is 81.7 Å². The van der Waals surface area contributed by atoms with Crippen LogP contribution in [0.15, 0.2) is 54.6 Å². The smallest absolute Gasteiger partial charge is 0.0551 e. The Morgan fingerprint density at radius 1 is 0.857 bits per heavy atom. The van der Waals surface area contributed by atoms with Crippen LogP contribution in [0.1, 0.15) is 56.3 Å². The van der Waals surface area contributed by atoms with E-state index in [1.807, 2.05) is 6.07 Å². The Bertz CT molecular complexity index is 556. The van der Waals surface area contributed by atoms with Crippen molar-refractivity contribution in [2.75, 3.05) is 0 Å². The van der Waals surface area contributed by atoms with E-state index in [1.165, 1.54) is 16.7 Å². The molecule has 0 aliphatic rings. The Kier molecular flexibility index (Phi) is 4.81. The van der Waals surface area contributed by atoms with Gasteiger partial charge in [0.1, 0.15) is 0 Å². The van der Waals surface area contributed by atoms with E-state index in [0.717, 1.165) is 0 Å². The van der Waals surface area contributed by atoms with Gasteiger partial charge in [-0.1, -0.05) is 82.3 Å². The van der Waals surface area contributed by atoms with Gasteiger partial charge < -0.3 is 0 Å². The highest BCUT2D eigenvalue weighted by Crippen LogP contribution is 2.36. The van der Waals surface area contributed by atoms with Crippen LogP contribution in [-0.2, 0) is 5.41 Å². The van der Waals surface area contributed by atoms with Gasteiger partial charge in [0.25, 0.3) is 0 Å². The van der Waals surface area contributed by atoms with Gasteiger partial charge in [0.2, 0.25) is 0 Å². The molecule has 0 saturated carbocycles. The van der Waals surface area contributed by atoms with Gasteiger partial charge in [-0.25, -0.2) is 0 Å². The Morgan fingerprint density at radius 2 is 1.38 bits per heavy atom. The van der Waals surface area contributed by atoms with Crippen molar-refractivity contribution in [3.8, 4) is 0 Å². The molecule has 1 unspecified atom stereocenters. The van der Waals surface area contributed by atoms with Gasteiger partial charge in [-0.3, -0.25) is 11.3 Å². The molecule has 0 saturated heterocycles. The van der Waals surface area contributed by atoms with Gasteiger partial charge >= 0.3 is 0 Å². The van der Waals surface area contributed by atoms with Crippen LogP contribution in [0.2, 0.25) is 0 Å². The molecule has 112 valence electrons. The summed E-state index contributed by atoms with van der Waals surface area (Å²) in [5, 5.41) is 0. The highest BCUT2D eigenvalue weighted by molar-refractivity contribution is 5.33. The number of hydrogen-bond acceptors (Lipinski definition) is 2. The maximum Gasteiger partial charge on any atom is 0.0551 e. The van der Waals surface area contributed by atoms with Gasteiger partial charge in [0.05, 0.1) is 6.04 Å². The highest BCUT2D eigenvalue weighted by Gasteiger charge is 2.31.